The summed E-state index contributed by atoms with van der Waals surface area (Å²) in [7, 11) is 0. The molecule has 1 aromatic carbocycles. The summed E-state index contributed by atoms with van der Waals surface area (Å²) in [6.07, 6.45) is 7.88. The Morgan fingerprint density at radius 3 is 2.56 bits per heavy atom. The number of nitrogens with two attached hydrogens (primary N) is 1. The second kappa shape index (κ2) is 6.35. The van der Waals surface area contributed by atoms with Crippen LogP contribution in [0.4, 0.5) is 0 Å². The van der Waals surface area contributed by atoms with Crippen molar-refractivity contribution >= 4 is 0 Å². The van der Waals surface area contributed by atoms with Crippen LogP contribution in [0.1, 0.15) is 48.8 Å². The van der Waals surface area contributed by atoms with E-state index in [2.05, 4.69) is 37.5 Å². The monoisotopic (exact) mass is 246 g/mol. The predicted molar refractivity (Wildman–Crippen MR) is 77.3 cm³/mol. The van der Waals surface area contributed by atoms with Gasteiger partial charge in [0.25, 0.3) is 0 Å². The lowest BCUT2D eigenvalue weighted by atomic mass is 9.93. The molecule has 0 bridgehead atoms. The van der Waals surface area contributed by atoms with E-state index in [1.54, 1.807) is 0 Å². The van der Waals surface area contributed by atoms with Crippen molar-refractivity contribution in [1.82, 2.24) is 5.43 Å². The van der Waals surface area contributed by atoms with Gasteiger partial charge in [-0.25, -0.2) is 0 Å². The van der Waals surface area contributed by atoms with Crippen LogP contribution in [-0.2, 0) is 6.42 Å². The van der Waals surface area contributed by atoms with E-state index in [4.69, 9.17) is 5.84 Å². The summed E-state index contributed by atoms with van der Waals surface area (Å²) in [5.41, 5.74) is 7.16. The van der Waals surface area contributed by atoms with E-state index >= 15 is 0 Å². The molecule has 1 aliphatic rings. The third-order valence-electron chi connectivity index (χ3n) is 4.38. The first-order valence-electron chi connectivity index (χ1n) is 7.21. The first-order valence-corrected chi connectivity index (χ1v) is 7.21. The minimum absolute atomic E-state index is 0.426. The predicted octanol–water partition coefficient (Wildman–Crippen LogP) is 3.26. The Kier molecular flexibility index (Phi) is 4.79. The summed E-state index contributed by atoms with van der Waals surface area (Å²) in [5.74, 6) is 6.60. The molecule has 0 amide bonds. The summed E-state index contributed by atoms with van der Waals surface area (Å²) >= 11 is 0. The van der Waals surface area contributed by atoms with Gasteiger partial charge in [0.15, 0.2) is 0 Å². The fraction of sp³-hybridized carbons (Fsp3) is 0.625. The van der Waals surface area contributed by atoms with E-state index in [1.165, 1.54) is 48.8 Å². The molecule has 1 saturated carbocycles. The molecule has 1 fully saturated rings. The molecule has 100 valence electrons. The normalized spacial score (nSPS) is 18.2. The third kappa shape index (κ3) is 3.56. The number of nitrogens with one attached hydrogen (secondary N) is 1. The van der Waals surface area contributed by atoms with E-state index in [1.807, 2.05) is 0 Å². The minimum atomic E-state index is 0.426. The molecule has 0 heterocycles. The second-order valence-electron chi connectivity index (χ2n) is 5.87. The van der Waals surface area contributed by atoms with Gasteiger partial charge in [0.05, 0.1) is 0 Å². The zero-order chi connectivity index (χ0) is 13.0. The molecule has 1 atom stereocenters. The van der Waals surface area contributed by atoms with E-state index in [-0.39, 0.29) is 0 Å². The van der Waals surface area contributed by atoms with Crippen LogP contribution in [0.15, 0.2) is 18.2 Å². The number of rotatable bonds is 5. The molecular formula is C16H26N2. The van der Waals surface area contributed by atoms with Crippen molar-refractivity contribution in [2.24, 2.45) is 11.8 Å². The molecule has 0 radical (unpaired) electrons. The fourth-order valence-corrected chi connectivity index (χ4v) is 3.07. The molecule has 2 rings (SSSR count). The lowest BCUT2D eigenvalue weighted by Gasteiger charge is -2.20. The summed E-state index contributed by atoms with van der Waals surface area (Å²) in [6.45, 7) is 4.34. The number of benzene rings is 1. The highest BCUT2D eigenvalue weighted by atomic mass is 15.2. The number of hydrogen-bond acceptors (Lipinski definition) is 2. The van der Waals surface area contributed by atoms with Crippen molar-refractivity contribution in [3.8, 4) is 0 Å². The van der Waals surface area contributed by atoms with Crippen molar-refractivity contribution in [3.05, 3.63) is 34.9 Å². The van der Waals surface area contributed by atoms with E-state index in [9.17, 15) is 0 Å². The van der Waals surface area contributed by atoms with Crippen molar-refractivity contribution in [2.75, 3.05) is 0 Å². The Hall–Kier alpha value is -0.860. The minimum Gasteiger partial charge on any atom is -0.271 e. The first-order chi connectivity index (χ1) is 8.69. The van der Waals surface area contributed by atoms with Crippen molar-refractivity contribution in [1.29, 1.82) is 0 Å². The largest absolute Gasteiger partial charge is 0.271 e. The van der Waals surface area contributed by atoms with Crippen molar-refractivity contribution in [2.45, 2.75) is 58.4 Å². The van der Waals surface area contributed by atoms with Crippen molar-refractivity contribution in [3.63, 3.8) is 0 Å². The molecular weight excluding hydrogens is 220 g/mol. The van der Waals surface area contributed by atoms with Gasteiger partial charge in [0, 0.05) is 6.04 Å². The SMILES string of the molecule is Cc1ccc(CC(CC2CCCC2)NN)cc1C. The maximum absolute atomic E-state index is 5.72. The lowest BCUT2D eigenvalue weighted by molar-refractivity contribution is 0.389. The highest BCUT2D eigenvalue weighted by Crippen LogP contribution is 2.29. The molecule has 0 saturated heterocycles. The molecule has 1 aromatic rings. The Morgan fingerprint density at radius 2 is 1.94 bits per heavy atom. The Bertz CT molecular complexity index is 381. The average Bonchev–Trinajstić information content (AvgIpc) is 2.86. The van der Waals surface area contributed by atoms with Gasteiger partial charge in [0.2, 0.25) is 0 Å². The standard InChI is InChI=1S/C16H26N2/c1-12-7-8-15(9-13(12)2)11-16(18-17)10-14-5-3-4-6-14/h7-9,14,16,18H,3-6,10-11,17H2,1-2H3. The van der Waals surface area contributed by atoms with Crippen LogP contribution < -0.4 is 11.3 Å². The number of hydrazine groups is 1. The van der Waals surface area contributed by atoms with Gasteiger partial charge in [-0.3, -0.25) is 11.3 Å². The molecule has 0 spiro atoms. The van der Waals surface area contributed by atoms with Crippen LogP contribution in [0.5, 0.6) is 0 Å². The average molecular weight is 246 g/mol. The Balaban J connectivity index is 1.94. The molecule has 0 aliphatic heterocycles. The molecule has 1 aliphatic carbocycles. The van der Waals surface area contributed by atoms with Gasteiger partial charge in [-0.15, -0.1) is 0 Å². The van der Waals surface area contributed by atoms with Gasteiger partial charge in [-0.05, 0) is 49.3 Å². The highest BCUT2D eigenvalue weighted by Gasteiger charge is 2.19. The van der Waals surface area contributed by atoms with Crippen LogP contribution in [0, 0.1) is 19.8 Å². The maximum atomic E-state index is 5.72. The second-order valence-corrected chi connectivity index (χ2v) is 5.87. The first kappa shape index (κ1) is 13.6. The Morgan fingerprint density at radius 1 is 1.22 bits per heavy atom. The smallest absolute Gasteiger partial charge is 0.0253 e. The van der Waals surface area contributed by atoms with Gasteiger partial charge in [-0.2, -0.15) is 0 Å². The molecule has 18 heavy (non-hydrogen) atoms. The topological polar surface area (TPSA) is 38.0 Å². The lowest BCUT2D eigenvalue weighted by Crippen LogP contribution is -2.38. The quantitative estimate of drug-likeness (QED) is 0.618. The van der Waals surface area contributed by atoms with Gasteiger partial charge >= 0.3 is 0 Å². The molecule has 2 heteroatoms. The zero-order valence-corrected chi connectivity index (χ0v) is 11.7. The van der Waals surface area contributed by atoms with E-state index in [0.717, 1.165) is 12.3 Å². The Labute approximate surface area is 111 Å². The van der Waals surface area contributed by atoms with Crippen LogP contribution in [-0.4, -0.2) is 6.04 Å². The third-order valence-corrected chi connectivity index (χ3v) is 4.38. The number of hydrogen-bond donors (Lipinski definition) is 2. The zero-order valence-electron chi connectivity index (χ0n) is 11.7. The molecule has 2 nitrogen and oxygen atoms in total. The van der Waals surface area contributed by atoms with Crippen LogP contribution in [0.25, 0.3) is 0 Å². The van der Waals surface area contributed by atoms with Gasteiger partial charge in [-0.1, -0.05) is 43.9 Å². The molecule has 0 aromatic heterocycles. The van der Waals surface area contributed by atoms with Gasteiger partial charge < -0.3 is 0 Å². The van der Waals surface area contributed by atoms with Gasteiger partial charge in [0.1, 0.15) is 0 Å². The maximum Gasteiger partial charge on any atom is 0.0253 e. The summed E-state index contributed by atoms with van der Waals surface area (Å²) in [5, 5.41) is 0. The highest BCUT2D eigenvalue weighted by molar-refractivity contribution is 5.30. The van der Waals surface area contributed by atoms with E-state index in [0.29, 0.717) is 6.04 Å². The van der Waals surface area contributed by atoms with Crippen LogP contribution in [0.3, 0.4) is 0 Å². The van der Waals surface area contributed by atoms with E-state index < -0.39 is 0 Å². The van der Waals surface area contributed by atoms with Crippen LogP contribution >= 0.6 is 0 Å². The number of aryl methyl sites for hydroxylation is 2. The summed E-state index contributed by atoms with van der Waals surface area (Å²) in [4.78, 5) is 0. The summed E-state index contributed by atoms with van der Waals surface area (Å²) in [6, 6.07) is 7.18. The molecule has 3 N–H and O–H groups in total. The van der Waals surface area contributed by atoms with Crippen LogP contribution in [0.2, 0.25) is 0 Å². The van der Waals surface area contributed by atoms with Crippen molar-refractivity contribution < 1.29 is 0 Å². The summed E-state index contributed by atoms with van der Waals surface area (Å²) < 4.78 is 0. The molecule has 1 unspecified atom stereocenters. The fourth-order valence-electron chi connectivity index (χ4n) is 3.07.